The Balaban J connectivity index is 2.87. The van der Waals surface area contributed by atoms with Crippen LogP contribution in [0.15, 0.2) is 0 Å². The summed E-state index contributed by atoms with van der Waals surface area (Å²) in [6, 6.07) is 0. The van der Waals surface area contributed by atoms with Gasteiger partial charge < -0.3 is 50.0 Å². The van der Waals surface area contributed by atoms with E-state index in [-0.39, 0.29) is 6.29 Å². The van der Waals surface area contributed by atoms with Crippen LogP contribution in [-0.4, -0.2) is 104 Å². The van der Waals surface area contributed by atoms with Gasteiger partial charge in [0.15, 0.2) is 12.6 Å². The monoisotopic (exact) mass is 326 g/mol. The lowest BCUT2D eigenvalue weighted by molar-refractivity contribution is -0.318. The van der Waals surface area contributed by atoms with Gasteiger partial charge in [0.1, 0.15) is 42.7 Å². The highest BCUT2D eigenvalue weighted by Crippen LogP contribution is 2.24. The SMILES string of the molecule is C[C@@H]1O[C@@H](O[C@@H]([C@@H](O)[C@H](O)CO)[C@@H](O)C=O)[C@@H](O)[C@H](O)[C@@H]1O. The smallest absolute Gasteiger partial charge is 0.187 e. The van der Waals surface area contributed by atoms with Crippen LogP contribution in [0.1, 0.15) is 6.92 Å². The van der Waals surface area contributed by atoms with E-state index in [4.69, 9.17) is 14.6 Å². The minimum atomic E-state index is -1.88. The summed E-state index contributed by atoms with van der Waals surface area (Å²) in [4.78, 5) is 10.7. The Morgan fingerprint density at radius 1 is 1.14 bits per heavy atom. The first-order chi connectivity index (χ1) is 10.2. The maximum Gasteiger partial charge on any atom is 0.187 e. The third-order valence-corrected chi connectivity index (χ3v) is 3.49. The second-order valence-electron chi connectivity index (χ2n) is 5.15. The lowest BCUT2D eigenvalue weighted by Crippen LogP contribution is -2.60. The van der Waals surface area contributed by atoms with Gasteiger partial charge in [-0.3, -0.25) is 0 Å². The second kappa shape index (κ2) is 8.24. The van der Waals surface area contributed by atoms with Crippen molar-refractivity contribution in [2.24, 2.45) is 0 Å². The van der Waals surface area contributed by atoms with Crippen LogP contribution >= 0.6 is 0 Å². The van der Waals surface area contributed by atoms with Gasteiger partial charge in [-0.2, -0.15) is 0 Å². The van der Waals surface area contributed by atoms with Crippen LogP contribution in [0.3, 0.4) is 0 Å². The molecule has 0 amide bonds. The van der Waals surface area contributed by atoms with Gasteiger partial charge in [-0.15, -0.1) is 0 Å². The van der Waals surface area contributed by atoms with Gasteiger partial charge >= 0.3 is 0 Å². The van der Waals surface area contributed by atoms with E-state index in [2.05, 4.69) is 0 Å². The summed E-state index contributed by atoms with van der Waals surface area (Å²) >= 11 is 0. The molecule has 0 bridgehead atoms. The van der Waals surface area contributed by atoms with Crippen LogP contribution < -0.4 is 0 Å². The first-order valence-corrected chi connectivity index (χ1v) is 6.70. The van der Waals surface area contributed by atoms with Gasteiger partial charge in [-0.05, 0) is 6.92 Å². The standard InChI is InChI=1S/C12H22O10/c1-4-7(17)9(19)10(20)12(21-4)22-11(6(16)3-14)8(18)5(15)2-13/h3-13,15-20H,2H2,1H3/t4-,5+,6-,7+,8-,9+,10-,11+,12-/m0/s1. The average molecular weight is 326 g/mol. The molecule has 0 aromatic carbocycles. The molecule has 22 heavy (non-hydrogen) atoms. The first kappa shape index (κ1) is 19.4. The van der Waals surface area contributed by atoms with Crippen molar-refractivity contribution in [1.29, 1.82) is 0 Å². The molecule has 1 aliphatic heterocycles. The number of rotatable bonds is 7. The van der Waals surface area contributed by atoms with Crippen molar-refractivity contribution in [3.63, 3.8) is 0 Å². The fourth-order valence-corrected chi connectivity index (χ4v) is 2.05. The van der Waals surface area contributed by atoms with E-state index < -0.39 is 61.7 Å². The summed E-state index contributed by atoms with van der Waals surface area (Å²) in [7, 11) is 0. The molecular weight excluding hydrogens is 304 g/mol. The number of carbonyl (C=O) groups excluding carboxylic acids is 1. The van der Waals surface area contributed by atoms with E-state index in [1.54, 1.807) is 0 Å². The third-order valence-electron chi connectivity index (χ3n) is 3.49. The minimum Gasteiger partial charge on any atom is -0.394 e. The van der Waals surface area contributed by atoms with Crippen LogP contribution in [-0.2, 0) is 14.3 Å². The first-order valence-electron chi connectivity index (χ1n) is 6.70. The number of aliphatic hydroxyl groups excluding tert-OH is 7. The van der Waals surface area contributed by atoms with Gasteiger partial charge in [0, 0.05) is 0 Å². The zero-order valence-electron chi connectivity index (χ0n) is 11.8. The quantitative estimate of drug-likeness (QED) is 0.225. The molecule has 0 saturated carbocycles. The van der Waals surface area contributed by atoms with Crippen molar-refractivity contribution in [3.05, 3.63) is 0 Å². The molecule has 0 aliphatic carbocycles. The van der Waals surface area contributed by atoms with Crippen molar-refractivity contribution < 1.29 is 50.0 Å². The number of carbonyl (C=O) groups is 1. The predicted octanol–water partition coefficient (Wildman–Crippen LogP) is -4.53. The maximum absolute atomic E-state index is 10.7. The van der Waals surface area contributed by atoms with E-state index >= 15 is 0 Å². The Morgan fingerprint density at radius 3 is 2.23 bits per heavy atom. The molecule has 130 valence electrons. The van der Waals surface area contributed by atoms with E-state index in [9.17, 15) is 35.4 Å². The highest BCUT2D eigenvalue weighted by Gasteiger charge is 2.45. The second-order valence-corrected chi connectivity index (χ2v) is 5.15. The number of hydrogen-bond donors (Lipinski definition) is 7. The molecule has 7 N–H and O–H groups in total. The molecule has 9 atom stereocenters. The molecule has 10 nitrogen and oxygen atoms in total. The zero-order chi connectivity index (χ0) is 17.0. The summed E-state index contributed by atoms with van der Waals surface area (Å²) in [6.45, 7) is 0.526. The molecule has 1 heterocycles. The highest BCUT2D eigenvalue weighted by molar-refractivity contribution is 5.56. The lowest BCUT2D eigenvalue weighted by atomic mass is 9.99. The van der Waals surface area contributed by atoms with Crippen LogP contribution in [0.5, 0.6) is 0 Å². The summed E-state index contributed by atoms with van der Waals surface area (Å²) in [5, 5.41) is 66.5. The van der Waals surface area contributed by atoms with Gasteiger partial charge in [0.25, 0.3) is 0 Å². The van der Waals surface area contributed by atoms with E-state index in [1.807, 2.05) is 0 Å². The fourth-order valence-electron chi connectivity index (χ4n) is 2.05. The molecule has 0 radical (unpaired) electrons. The van der Waals surface area contributed by atoms with E-state index in [0.717, 1.165) is 0 Å². The van der Waals surface area contributed by atoms with Crippen molar-refractivity contribution in [3.8, 4) is 0 Å². The summed E-state index contributed by atoms with van der Waals surface area (Å²) in [5.41, 5.74) is 0. The predicted molar refractivity (Wildman–Crippen MR) is 68.4 cm³/mol. The number of aldehydes is 1. The molecule has 1 rings (SSSR count). The third kappa shape index (κ3) is 4.19. The molecule has 0 aromatic rings. The molecule has 10 heteroatoms. The summed E-state index contributed by atoms with van der Waals surface area (Å²) in [5.74, 6) is 0. The Hall–Kier alpha value is -0.690. The van der Waals surface area contributed by atoms with Gasteiger partial charge in [-0.25, -0.2) is 0 Å². The van der Waals surface area contributed by atoms with Gasteiger partial charge in [0.2, 0.25) is 0 Å². The van der Waals surface area contributed by atoms with Crippen molar-refractivity contribution in [1.82, 2.24) is 0 Å². The molecule has 0 spiro atoms. The Labute approximate surface area is 126 Å². The normalized spacial score (nSPS) is 38.1. The Bertz CT molecular complexity index is 353. The lowest BCUT2D eigenvalue weighted by Gasteiger charge is -2.41. The van der Waals surface area contributed by atoms with Crippen molar-refractivity contribution in [2.45, 2.75) is 62.0 Å². The van der Waals surface area contributed by atoms with E-state index in [1.165, 1.54) is 6.92 Å². The van der Waals surface area contributed by atoms with Crippen molar-refractivity contribution in [2.75, 3.05) is 6.61 Å². The van der Waals surface area contributed by atoms with Crippen molar-refractivity contribution >= 4 is 6.29 Å². The van der Waals surface area contributed by atoms with Gasteiger partial charge in [-0.1, -0.05) is 0 Å². The van der Waals surface area contributed by atoms with Crippen LogP contribution in [0.25, 0.3) is 0 Å². The summed E-state index contributed by atoms with van der Waals surface area (Å²) < 4.78 is 10.2. The van der Waals surface area contributed by atoms with Crippen LogP contribution in [0.4, 0.5) is 0 Å². The summed E-state index contributed by atoms with van der Waals surface area (Å²) in [6.07, 6.45) is -14.4. The molecule has 1 fully saturated rings. The molecular formula is C12H22O10. The largest absolute Gasteiger partial charge is 0.394 e. The highest BCUT2D eigenvalue weighted by atomic mass is 16.7. The Kier molecular flexibility index (Phi) is 7.25. The topological polar surface area (TPSA) is 177 Å². The van der Waals surface area contributed by atoms with Crippen LogP contribution in [0.2, 0.25) is 0 Å². The number of aliphatic hydroxyl groups is 7. The number of ether oxygens (including phenoxy) is 2. The van der Waals surface area contributed by atoms with Gasteiger partial charge in [0.05, 0.1) is 12.7 Å². The molecule has 1 aliphatic rings. The number of hydrogen-bond acceptors (Lipinski definition) is 10. The molecule has 0 unspecified atom stereocenters. The average Bonchev–Trinajstić information content (AvgIpc) is 2.52. The minimum absolute atomic E-state index is 0.0297. The van der Waals surface area contributed by atoms with E-state index in [0.29, 0.717) is 0 Å². The molecule has 1 saturated heterocycles. The van der Waals surface area contributed by atoms with Crippen LogP contribution in [0, 0.1) is 0 Å². The maximum atomic E-state index is 10.7. The molecule has 0 aromatic heterocycles. The zero-order valence-corrected chi connectivity index (χ0v) is 11.8. The Morgan fingerprint density at radius 2 is 1.73 bits per heavy atom. The fraction of sp³-hybridized carbons (Fsp3) is 0.917.